The van der Waals surface area contributed by atoms with Crippen LogP contribution in [0.5, 0.6) is 0 Å². The summed E-state index contributed by atoms with van der Waals surface area (Å²) in [5, 5.41) is 3.69. The third kappa shape index (κ3) is 3.11. The molecule has 0 aromatic carbocycles. The lowest BCUT2D eigenvalue weighted by atomic mass is 10.0. The molecular weight excluding hydrogens is 296 g/mol. The van der Waals surface area contributed by atoms with Crippen molar-refractivity contribution in [2.75, 3.05) is 19.7 Å². The minimum absolute atomic E-state index is 0.104. The fraction of sp³-hybridized carbons (Fsp3) is 0.692. The Morgan fingerprint density at radius 2 is 2.19 bits per heavy atom. The molecule has 1 atom stereocenters. The van der Waals surface area contributed by atoms with Gasteiger partial charge in [0.05, 0.1) is 12.5 Å². The van der Waals surface area contributed by atoms with Gasteiger partial charge in [0, 0.05) is 13.1 Å². The van der Waals surface area contributed by atoms with E-state index in [0.29, 0.717) is 31.7 Å². The molecule has 1 aromatic rings. The highest BCUT2D eigenvalue weighted by atomic mass is 32.2. The van der Waals surface area contributed by atoms with Gasteiger partial charge in [-0.1, -0.05) is 5.16 Å². The summed E-state index contributed by atoms with van der Waals surface area (Å²) in [7, 11) is -3.69. The van der Waals surface area contributed by atoms with Crippen molar-refractivity contribution in [1.29, 1.82) is 0 Å². The molecule has 1 aliphatic heterocycles. The summed E-state index contributed by atoms with van der Waals surface area (Å²) in [4.78, 5) is 11.9. The number of rotatable bonds is 4. The van der Waals surface area contributed by atoms with E-state index in [9.17, 15) is 13.2 Å². The molecule has 0 spiro atoms. The second kappa shape index (κ2) is 6.15. The van der Waals surface area contributed by atoms with Crippen LogP contribution in [0, 0.1) is 19.8 Å². The fourth-order valence-electron chi connectivity index (χ4n) is 2.59. The zero-order valence-electron chi connectivity index (χ0n) is 12.5. The van der Waals surface area contributed by atoms with E-state index in [2.05, 4.69) is 5.16 Å². The summed E-state index contributed by atoms with van der Waals surface area (Å²) in [5.74, 6) is -0.476. The molecule has 1 aromatic heterocycles. The topological polar surface area (TPSA) is 89.7 Å². The maximum absolute atomic E-state index is 12.7. The second-order valence-corrected chi connectivity index (χ2v) is 6.98. The lowest BCUT2D eigenvalue weighted by Gasteiger charge is -2.30. The number of carbonyl (C=O) groups excluding carboxylic acids is 1. The van der Waals surface area contributed by atoms with Crippen molar-refractivity contribution < 1.29 is 22.5 Å². The predicted octanol–water partition coefficient (Wildman–Crippen LogP) is 1.26. The lowest BCUT2D eigenvalue weighted by molar-refractivity contribution is -0.149. The quantitative estimate of drug-likeness (QED) is 0.777. The number of aromatic nitrogens is 1. The Hall–Kier alpha value is -1.41. The highest BCUT2D eigenvalue weighted by molar-refractivity contribution is 7.89. The summed E-state index contributed by atoms with van der Waals surface area (Å²) in [6, 6.07) is 0. The Morgan fingerprint density at radius 1 is 1.48 bits per heavy atom. The largest absolute Gasteiger partial charge is 0.466 e. The van der Waals surface area contributed by atoms with Crippen LogP contribution < -0.4 is 0 Å². The van der Waals surface area contributed by atoms with Gasteiger partial charge in [0.25, 0.3) is 0 Å². The second-order valence-electron chi connectivity index (χ2n) is 5.11. The summed E-state index contributed by atoms with van der Waals surface area (Å²) in [6.07, 6.45) is 1.28. The van der Waals surface area contributed by atoms with E-state index in [1.54, 1.807) is 20.8 Å². The Bertz CT molecular complexity index is 603. The number of piperidine rings is 1. The lowest BCUT2D eigenvalue weighted by Crippen LogP contribution is -2.43. The first-order valence-corrected chi connectivity index (χ1v) is 8.41. The Balaban J connectivity index is 2.23. The third-order valence-electron chi connectivity index (χ3n) is 3.57. The van der Waals surface area contributed by atoms with Gasteiger partial charge in [-0.2, -0.15) is 4.31 Å². The number of sulfonamides is 1. The average Bonchev–Trinajstić information content (AvgIpc) is 2.79. The molecule has 118 valence electrons. The Morgan fingerprint density at radius 3 is 2.76 bits per heavy atom. The molecule has 1 fully saturated rings. The van der Waals surface area contributed by atoms with Crippen LogP contribution in [0.1, 0.15) is 31.2 Å². The normalized spacial score (nSPS) is 20.4. The van der Waals surface area contributed by atoms with E-state index in [-0.39, 0.29) is 23.2 Å². The highest BCUT2D eigenvalue weighted by Gasteiger charge is 2.36. The molecule has 0 unspecified atom stereocenters. The molecule has 1 aliphatic rings. The third-order valence-corrected chi connectivity index (χ3v) is 5.68. The van der Waals surface area contributed by atoms with Crippen LogP contribution >= 0.6 is 0 Å². The van der Waals surface area contributed by atoms with Crippen LogP contribution in [0.25, 0.3) is 0 Å². The van der Waals surface area contributed by atoms with Crippen LogP contribution in [0.4, 0.5) is 0 Å². The van der Waals surface area contributed by atoms with Gasteiger partial charge in [-0.25, -0.2) is 8.42 Å². The van der Waals surface area contributed by atoms with Gasteiger partial charge in [0.1, 0.15) is 10.6 Å². The van der Waals surface area contributed by atoms with E-state index in [4.69, 9.17) is 9.26 Å². The number of esters is 1. The molecule has 0 N–H and O–H groups in total. The zero-order valence-corrected chi connectivity index (χ0v) is 13.3. The number of carbonyl (C=O) groups is 1. The first kappa shape index (κ1) is 16.0. The Labute approximate surface area is 124 Å². The van der Waals surface area contributed by atoms with Crippen LogP contribution in [0.2, 0.25) is 0 Å². The van der Waals surface area contributed by atoms with Gasteiger partial charge in [-0.3, -0.25) is 4.79 Å². The van der Waals surface area contributed by atoms with Crippen LogP contribution in [0.3, 0.4) is 0 Å². The predicted molar refractivity (Wildman–Crippen MR) is 74.1 cm³/mol. The van der Waals surface area contributed by atoms with Crippen LogP contribution in [-0.4, -0.2) is 43.5 Å². The molecular formula is C13H20N2O5S. The molecule has 0 amide bonds. The van der Waals surface area contributed by atoms with Gasteiger partial charge in [-0.15, -0.1) is 0 Å². The van der Waals surface area contributed by atoms with Crippen molar-refractivity contribution >= 4 is 16.0 Å². The van der Waals surface area contributed by atoms with Crippen molar-refractivity contribution in [3.8, 4) is 0 Å². The van der Waals surface area contributed by atoms with Gasteiger partial charge < -0.3 is 9.26 Å². The van der Waals surface area contributed by atoms with Crippen molar-refractivity contribution in [3.05, 3.63) is 11.5 Å². The minimum atomic E-state index is -3.69. The summed E-state index contributed by atoms with van der Waals surface area (Å²) < 4.78 is 36.6. The van der Waals surface area contributed by atoms with Gasteiger partial charge in [0.15, 0.2) is 5.76 Å². The number of hydrogen-bond donors (Lipinski definition) is 0. The zero-order chi connectivity index (χ0) is 15.6. The molecule has 0 bridgehead atoms. The maximum atomic E-state index is 12.7. The van der Waals surface area contributed by atoms with Gasteiger partial charge in [-0.05, 0) is 33.6 Å². The molecule has 2 rings (SSSR count). The first-order valence-electron chi connectivity index (χ1n) is 6.97. The highest BCUT2D eigenvalue weighted by Crippen LogP contribution is 2.28. The average molecular weight is 316 g/mol. The van der Waals surface area contributed by atoms with Crippen LogP contribution in [0.15, 0.2) is 9.42 Å². The Kier molecular flexibility index (Phi) is 4.67. The summed E-state index contributed by atoms with van der Waals surface area (Å²) >= 11 is 0. The molecule has 0 saturated carbocycles. The van der Waals surface area contributed by atoms with Crippen molar-refractivity contribution in [3.63, 3.8) is 0 Å². The van der Waals surface area contributed by atoms with Crippen molar-refractivity contribution in [2.24, 2.45) is 5.92 Å². The molecule has 2 heterocycles. The van der Waals surface area contributed by atoms with Crippen molar-refractivity contribution in [1.82, 2.24) is 9.46 Å². The molecule has 1 saturated heterocycles. The molecule has 8 heteroatoms. The van der Waals surface area contributed by atoms with E-state index < -0.39 is 15.9 Å². The number of nitrogens with zero attached hydrogens (tertiary/aromatic N) is 2. The fourth-order valence-corrected chi connectivity index (χ4v) is 4.40. The number of ether oxygens (including phenoxy) is 1. The number of aryl methyl sites for hydroxylation is 2. The van der Waals surface area contributed by atoms with Crippen molar-refractivity contribution in [2.45, 2.75) is 38.5 Å². The monoisotopic (exact) mass is 316 g/mol. The molecule has 21 heavy (non-hydrogen) atoms. The maximum Gasteiger partial charge on any atom is 0.310 e. The molecule has 0 aliphatic carbocycles. The number of hydrogen-bond acceptors (Lipinski definition) is 6. The molecule has 0 radical (unpaired) electrons. The van der Waals surface area contributed by atoms with Gasteiger partial charge in [0.2, 0.25) is 10.0 Å². The standard InChI is InChI=1S/C13H20N2O5S/c1-4-19-13(16)11-6-5-7-15(8-11)21(17,18)12-9(2)14-20-10(12)3/h11H,4-8H2,1-3H3/t11-/m0/s1. The minimum Gasteiger partial charge on any atom is -0.466 e. The van der Waals surface area contributed by atoms with E-state index >= 15 is 0 Å². The first-order chi connectivity index (χ1) is 9.87. The van der Waals surface area contributed by atoms with E-state index in [0.717, 1.165) is 0 Å². The summed E-state index contributed by atoms with van der Waals surface area (Å²) in [6.45, 7) is 5.73. The SMILES string of the molecule is CCOC(=O)[C@H]1CCCN(S(=O)(=O)c2c(C)noc2C)C1. The van der Waals surface area contributed by atoms with E-state index in [1.807, 2.05) is 0 Å². The summed E-state index contributed by atoms with van der Waals surface area (Å²) in [5.41, 5.74) is 0.339. The van der Waals surface area contributed by atoms with Gasteiger partial charge >= 0.3 is 5.97 Å². The molecule has 7 nitrogen and oxygen atoms in total. The van der Waals surface area contributed by atoms with E-state index in [1.165, 1.54) is 4.31 Å². The van der Waals surface area contributed by atoms with Crippen LogP contribution in [-0.2, 0) is 19.6 Å². The smallest absolute Gasteiger partial charge is 0.310 e.